The molecule has 0 saturated carbocycles. The molecule has 0 aliphatic carbocycles. The predicted octanol–water partition coefficient (Wildman–Crippen LogP) is 4.70. The molecule has 0 atom stereocenters. The standard InChI is InChI=1S/C25H31F3N4O2/c1-24(2,3)32-12-6-11-31(13-14-32)17-22(33)29-20-9-4-7-18(15-20)23(34)30-21-10-5-8-19(16-21)25(26,27)28/h4-5,7-10,15-16H,6,11-14,17H2,1-3H3,(H,29,33)(H,30,34). The number of alkyl halides is 3. The summed E-state index contributed by atoms with van der Waals surface area (Å²) in [5.41, 5.74) is -0.0309. The Hall–Kier alpha value is -2.91. The Balaban J connectivity index is 1.58. The summed E-state index contributed by atoms with van der Waals surface area (Å²) in [5, 5.41) is 5.29. The van der Waals surface area contributed by atoms with Crippen molar-refractivity contribution in [1.82, 2.24) is 9.80 Å². The third-order valence-electron chi connectivity index (χ3n) is 5.76. The maximum Gasteiger partial charge on any atom is 0.416 e. The van der Waals surface area contributed by atoms with Gasteiger partial charge in [-0.25, -0.2) is 0 Å². The molecule has 34 heavy (non-hydrogen) atoms. The van der Waals surface area contributed by atoms with Gasteiger partial charge in [0, 0.05) is 35.6 Å². The first-order valence-electron chi connectivity index (χ1n) is 11.3. The van der Waals surface area contributed by atoms with Crippen LogP contribution in [-0.2, 0) is 11.0 Å². The van der Waals surface area contributed by atoms with E-state index in [1.807, 2.05) is 0 Å². The first-order valence-corrected chi connectivity index (χ1v) is 11.3. The molecule has 0 unspecified atom stereocenters. The SMILES string of the molecule is CC(C)(C)N1CCCN(CC(=O)Nc2cccc(C(=O)Nc3cccc(C(F)(F)F)c3)c2)CC1. The van der Waals surface area contributed by atoms with Gasteiger partial charge in [-0.3, -0.25) is 19.4 Å². The fourth-order valence-electron chi connectivity index (χ4n) is 3.92. The highest BCUT2D eigenvalue weighted by atomic mass is 19.4. The third-order valence-corrected chi connectivity index (χ3v) is 5.76. The number of carbonyl (C=O) groups is 2. The van der Waals surface area contributed by atoms with E-state index in [-0.39, 0.29) is 29.2 Å². The van der Waals surface area contributed by atoms with Gasteiger partial charge in [-0.15, -0.1) is 0 Å². The molecule has 2 aromatic rings. The second-order valence-electron chi connectivity index (χ2n) is 9.45. The highest BCUT2D eigenvalue weighted by Gasteiger charge is 2.30. The molecule has 0 aromatic heterocycles. The van der Waals surface area contributed by atoms with Crippen LogP contribution in [0.5, 0.6) is 0 Å². The summed E-state index contributed by atoms with van der Waals surface area (Å²) in [7, 11) is 0. The van der Waals surface area contributed by atoms with E-state index in [2.05, 4.69) is 41.2 Å². The minimum Gasteiger partial charge on any atom is -0.325 e. The number of rotatable bonds is 5. The zero-order chi connectivity index (χ0) is 24.9. The van der Waals surface area contributed by atoms with Crippen LogP contribution in [0, 0.1) is 0 Å². The quantitative estimate of drug-likeness (QED) is 0.657. The van der Waals surface area contributed by atoms with Crippen LogP contribution >= 0.6 is 0 Å². The van der Waals surface area contributed by atoms with E-state index in [4.69, 9.17) is 0 Å². The number of hydrogen-bond acceptors (Lipinski definition) is 4. The van der Waals surface area contributed by atoms with Crippen molar-refractivity contribution in [2.75, 3.05) is 43.4 Å². The van der Waals surface area contributed by atoms with Gasteiger partial charge < -0.3 is 10.6 Å². The van der Waals surface area contributed by atoms with E-state index in [1.165, 1.54) is 24.3 Å². The van der Waals surface area contributed by atoms with Crippen LogP contribution in [0.4, 0.5) is 24.5 Å². The topological polar surface area (TPSA) is 64.7 Å². The third kappa shape index (κ3) is 7.30. The number of halogens is 3. The van der Waals surface area contributed by atoms with Crippen molar-refractivity contribution in [3.8, 4) is 0 Å². The van der Waals surface area contributed by atoms with Crippen LogP contribution in [0.2, 0.25) is 0 Å². The number of nitrogens with zero attached hydrogens (tertiary/aromatic N) is 2. The first-order chi connectivity index (χ1) is 15.9. The maximum absolute atomic E-state index is 12.9. The van der Waals surface area contributed by atoms with Gasteiger partial charge in [-0.05, 0) is 76.7 Å². The molecule has 1 saturated heterocycles. The molecular weight excluding hydrogens is 445 g/mol. The van der Waals surface area contributed by atoms with Gasteiger partial charge in [0.05, 0.1) is 12.1 Å². The van der Waals surface area contributed by atoms with Crippen LogP contribution in [0.25, 0.3) is 0 Å². The number of anilines is 2. The summed E-state index contributed by atoms with van der Waals surface area (Å²) in [6, 6.07) is 10.8. The van der Waals surface area contributed by atoms with E-state index in [1.54, 1.807) is 12.1 Å². The molecule has 2 N–H and O–H groups in total. The monoisotopic (exact) mass is 476 g/mol. The molecule has 9 heteroatoms. The van der Waals surface area contributed by atoms with Gasteiger partial charge in [-0.1, -0.05) is 12.1 Å². The zero-order valence-electron chi connectivity index (χ0n) is 19.7. The smallest absolute Gasteiger partial charge is 0.325 e. The Bertz CT molecular complexity index is 1020. The lowest BCUT2D eigenvalue weighted by Gasteiger charge is -2.34. The molecule has 6 nitrogen and oxygen atoms in total. The summed E-state index contributed by atoms with van der Waals surface area (Å²) in [6.45, 7) is 10.3. The average Bonchev–Trinajstić information content (AvgIpc) is 2.99. The van der Waals surface area contributed by atoms with Gasteiger partial charge >= 0.3 is 6.18 Å². The van der Waals surface area contributed by atoms with Crippen molar-refractivity contribution in [2.45, 2.75) is 38.9 Å². The predicted molar refractivity (Wildman–Crippen MR) is 127 cm³/mol. The van der Waals surface area contributed by atoms with E-state index >= 15 is 0 Å². The van der Waals surface area contributed by atoms with Crippen molar-refractivity contribution < 1.29 is 22.8 Å². The molecule has 1 aliphatic rings. The molecule has 1 fully saturated rings. The summed E-state index contributed by atoms with van der Waals surface area (Å²) < 4.78 is 38.7. The molecule has 1 aliphatic heterocycles. The van der Waals surface area contributed by atoms with Crippen LogP contribution in [-0.4, -0.2) is 59.9 Å². The molecule has 0 radical (unpaired) electrons. The molecule has 0 spiro atoms. The zero-order valence-corrected chi connectivity index (χ0v) is 19.7. The molecule has 2 amide bonds. The van der Waals surface area contributed by atoms with Crippen LogP contribution < -0.4 is 10.6 Å². The second kappa shape index (κ2) is 10.6. The van der Waals surface area contributed by atoms with Crippen molar-refractivity contribution in [1.29, 1.82) is 0 Å². The second-order valence-corrected chi connectivity index (χ2v) is 9.45. The summed E-state index contributed by atoms with van der Waals surface area (Å²) >= 11 is 0. The Morgan fingerprint density at radius 2 is 1.56 bits per heavy atom. The molecule has 2 aromatic carbocycles. The highest BCUT2D eigenvalue weighted by Crippen LogP contribution is 2.30. The van der Waals surface area contributed by atoms with Crippen LogP contribution in [0.3, 0.4) is 0 Å². The Labute approximate surface area is 198 Å². The van der Waals surface area contributed by atoms with Gasteiger partial charge in [0.25, 0.3) is 5.91 Å². The maximum atomic E-state index is 12.9. The lowest BCUT2D eigenvalue weighted by molar-refractivity contribution is -0.137. The highest BCUT2D eigenvalue weighted by molar-refractivity contribution is 6.05. The van der Waals surface area contributed by atoms with Gasteiger partial charge in [0.1, 0.15) is 0 Å². The van der Waals surface area contributed by atoms with Crippen molar-refractivity contribution in [3.05, 3.63) is 59.7 Å². The average molecular weight is 477 g/mol. The number of benzene rings is 2. The van der Waals surface area contributed by atoms with Gasteiger partial charge in [-0.2, -0.15) is 13.2 Å². The van der Waals surface area contributed by atoms with Crippen molar-refractivity contribution in [3.63, 3.8) is 0 Å². The number of carbonyl (C=O) groups excluding carboxylic acids is 2. The largest absolute Gasteiger partial charge is 0.416 e. The molecule has 3 rings (SSSR count). The van der Waals surface area contributed by atoms with Gasteiger partial charge in [0.2, 0.25) is 5.91 Å². The minimum atomic E-state index is -4.50. The first kappa shape index (κ1) is 25.7. The number of nitrogens with one attached hydrogen (secondary N) is 2. The molecular formula is C25H31F3N4O2. The van der Waals surface area contributed by atoms with Gasteiger partial charge in [0.15, 0.2) is 0 Å². The number of hydrogen-bond donors (Lipinski definition) is 2. The molecule has 0 bridgehead atoms. The Kier molecular flexibility index (Phi) is 7.99. The van der Waals surface area contributed by atoms with E-state index in [9.17, 15) is 22.8 Å². The normalized spacial score (nSPS) is 16.1. The fraction of sp³-hybridized carbons (Fsp3) is 0.440. The molecule has 1 heterocycles. The lowest BCUT2D eigenvalue weighted by atomic mass is 10.1. The number of amides is 2. The van der Waals surface area contributed by atoms with Crippen LogP contribution in [0.15, 0.2) is 48.5 Å². The van der Waals surface area contributed by atoms with E-state index < -0.39 is 17.6 Å². The molecule has 184 valence electrons. The van der Waals surface area contributed by atoms with E-state index in [0.29, 0.717) is 5.69 Å². The van der Waals surface area contributed by atoms with E-state index in [0.717, 1.165) is 44.7 Å². The van der Waals surface area contributed by atoms with Crippen LogP contribution in [0.1, 0.15) is 43.1 Å². The summed E-state index contributed by atoms with van der Waals surface area (Å²) in [5.74, 6) is -0.746. The Morgan fingerprint density at radius 3 is 2.24 bits per heavy atom. The van der Waals surface area contributed by atoms with Crippen molar-refractivity contribution >= 4 is 23.2 Å². The summed E-state index contributed by atoms with van der Waals surface area (Å²) in [6.07, 6.45) is -3.51. The Morgan fingerprint density at radius 1 is 0.882 bits per heavy atom. The summed E-state index contributed by atoms with van der Waals surface area (Å²) in [4.78, 5) is 29.7. The minimum absolute atomic E-state index is 0.0414. The fourth-order valence-corrected chi connectivity index (χ4v) is 3.92. The van der Waals surface area contributed by atoms with Crippen molar-refractivity contribution in [2.24, 2.45) is 0 Å². The lowest BCUT2D eigenvalue weighted by Crippen LogP contribution is -2.44.